The van der Waals surface area contributed by atoms with E-state index in [4.69, 9.17) is 5.73 Å². The zero-order valence-electron chi connectivity index (χ0n) is 13.4. The van der Waals surface area contributed by atoms with Gasteiger partial charge in [0.1, 0.15) is 0 Å². The maximum atomic E-state index is 12.0. The molecule has 3 N–H and O–H groups in total. The minimum atomic E-state index is 0. The number of carbonyl (C=O) groups excluding carboxylic acids is 1. The van der Waals surface area contributed by atoms with Crippen LogP contribution in [0.25, 0.3) is 0 Å². The van der Waals surface area contributed by atoms with Gasteiger partial charge in [-0.2, -0.15) is 0 Å². The van der Waals surface area contributed by atoms with E-state index in [1.165, 1.54) is 12.8 Å². The van der Waals surface area contributed by atoms with Crippen LogP contribution in [0.15, 0.2) is 0 Å². The lowest BCUT2D eigenvalue weighted by Crippen LogP contribution is -2.45. The normalized spacial score (nSPS) is 23.3. The molecule has 0 aromatic heterocycles. The fourth-order valence-corrected chi connectivity index (χ4v) is 2.77. The molecule has 0 heterocycles. The van der Waals surface area contributed by atoms with Gasteiger partial charge in [-0.25, -0.2) is 0 Å². The first-order valence-electron chi connectivity index (χ1n) is 7.50. The van der Waals surface area contributed by atoms with Crippen LogP contribution in [0.3, 0.4) is 0 Å². The van der Waals surface area contributed by atoms with Crippen LogP contribution in [0.1, 0.15) is 46.5 Å². The molecule has 0 spiro atoms. The van der Waals surface area contributed by atoms with E-state index in [0.717, 1.165) is 25.3 Å². The summed E-state index contributed by atoms with van der Waals surface area (Å²) in [6, 6.07) is 0.389. The van der Waals surface area contributed by atoms with E-state index in [1.807, 2.05) is 7.05 Å². The number of halogens is 1. The van der Waals surface area contributed by atoms with Gasteiger partial charge in [-0.3, -0.25) is 9.69 Å². The van der Waals surface area contributed by atoms with Crippen molar-refractivity contribution in [3.63, 3.8) is 0 Å². The fourth-order valence-electron chi connectivity index (χ4n) is 2.77. The number of nitrogens with two attached hydrogens (primary N) is 1. The van der Waals surface area contributed by atoms with Crippen LogP contribution in [0, 0.1) is 11.3 Å². The Bertz CT molecular complexity index is 289. The molecule has 0 saturated heterocycles. The Hall–Kier alpha value is -0.320. The molecule has 1 saturated carbocycles. The molecule has 1 aliphatic carbocycles. The van der Waals surface area contributed by atoms with Crippen molar-refractivity contribution in [1.29, 1.82) is 0 Å². The van der Waals surface area contributed by atoms with E-state index in [9.17, 15) is 4.79 Å². The largest absolute Gasteiger partial charge is 0.352 e. The van der Waals surface area contributed by atoms with Gasteiger partial charge >= 0.3 is 0 Å². The minimum Gasteiger partial charge on any atom is -0.352 e. The van der Waals surface area contributed by atoms with Gasteiger partial charge in [0.05, 0.1) is 6.54 Å². The summed E-state index contributed by atoms with van der Waals surface area (Å²) in [5, 5.41) is 3.16. The topological polar surface area (TPSA) is 58.4 Å². The molecule has 0 bridgehead atoms. The third-order valence-electron chi connectivity index (χ3n) is 4.05. The Kier molecular flexibility index (Phi) is 8.71. The van der Waals surface area contributed by atoms with Crippen LogP contribution in [-0.2, 0) is 4.79 Å². The lowest BCUT2D eigenvalue weighted by molar-refractivity contribution is -0.123. The first-order valence-corrected chi connectivity index (χ1v) is 7.50. The molecule has 0 aliphatic heterocycles. The first kappa shape index (κ1) is 19.7. The number of likely N-dealkylation sites (N-methyl/N-ethyl adjacent to an activating group) is 1. The number of rotatable bonds is 6. The van der Waals surface area contributed by atoms with E-state index in [0.29, 0.717) is 19.1 Å². The van der Waals surface area contributed by atoms with Gasteiger partial charge in [0, 0.05) is 12.6 Å². The molecule has 120 valence electrons. The van der Waals surface area contributed by atoms with Gasteiger partial charge in [-0.05, 0) is 50.6 Å². The summed E-state index contributed by atoms with van der Waals surface area (Å²) in [6.45, 7) is 8.50. The average molecular weight is 306 g/mol. The molecular weight excluding hydrogens is 274 g/mol. The standard InChI is InChI=1S/C15H31N3O.ClH/c1-12-5-7-13(8-6-12)17-14(19)9-18(4)11-15(2,3)10-16;/h12-13H,5-11,16H2,1-4H3,(H,17,19);1H. The van der Waals surface area contributed by atoms with Crippen molar-refractivity contribution in [3.8, 4) is 0 Å². The molecule has 4 nitrogen and oxygen atoms in total. The molecule has 20 heavy (non-hydrogen) atoms. The van der Waals surface area contributed by atoms with Gasteiger partial charge < -0.3 is 11.1 Å². The van der Waals surface area contributed by atoms with Gasteiger partial charge in [0.15, 0.2) is 0 Å². The lowest BCUT2D eigenvalue weighted by Gasteiger charge is -2.30. The number of hydrogen-bond acceptors (Lipinski definition) is 3. The fraction of sp³-hybridized carbons (Fsp3) is 0.933. The summed E-state index contributed by atoms with van der Waals surface area (Å²) < 4.78 is 0. The summed E-state index contributed by atoms with van der Waals surface area (Å²) in [5.41, 5.74) is 5.79. The van der Waals surface area contributed by atoms with Crippen LogP contribution < -0.4 is 11.1 Å². The van der Waals surface area contributed by atoms with Crippen molar-refractivity contribution < 1.29 is 4.79 Å². The smallest absolute Gasteiger partial charge is 0.234 e. The van der Waals surface area contributed by atoms with Crippen molar-refractivity contribution >= 4 is 18.3 Å². The van der Waals surface area contributed by atoms with Gasteiger partial charge in [0.2, 0.25) is 5.91 Å². The summed E-state index contributed by atoms with van der Waals surface area (Å²) in [6.07, 6.45) is 4.73. The highest BCUT2D eigenvalue weighted by Gasteiger charge is 2.22. The third-order valence-corrected chi connectivity index (χ3v) is 4.05. The second-order valence-corrected chi connectivity index (χ2v) is 7.06. The first-order chi connectivity index (χ1) is 8.82. The second-order valence-electron chi connectivity index (χ2n) is 7.06. The zero-order valence-corrected chi connectivity index (χ0v) is 14.3. The van der Waals surface area contributed by atoms with Gasteiger partial charge in [0.25, 0.3) is 0 Å². The highest BCUT2D eigenvalue weighted by atomic mass is 35.5. The maximum Gasteiger partial charge on any atom is 0.234 e. The van der Waals surface area contributed by atoms with Crippen LogP contribution in [0.4, 0.5) is 0 Å². The molecule has 0 aromatic carbocycles. The highest BCUT2D eigenvalue weighted by Crippen LogP contribution is 2.23. The van der Waals surface area contributed by atoms with E-state index in [-0.39, 0.29) is 23.7 Å². The van der Waals surface area contributed by atoms with Gasteiger partial charge in [-0.1, -0.05) is 20.8 Å². The van der Waals surface area contributed by atoms with E-state index in [2.05, 4.69) is 31.0 Å². The SMILES string of the molecule is CC1CCC(NC(=O)CN(C)CC(C)(C)CN)CC1.Cl. The van der Waals surface area contributed by atoms with E-state index >= 15 is 0 Å². The molecule has 1 rings (SSSR count). The second kappa shape index (κ2) is 8.85. The average Bonchev–Trinajstić information content (AvgIpc) is 2.31. The van der Waals surface area contributed by atoms with Crippen molar-refractivity contribution in [2.75, 3.05) is 26.7 Å². The number of amides is 1. The van der Waals surface area contributed by atoms with Crippen LogP contribution in [-0.4, -0.2) is 43.5 Å². The maximum absolute atomic E-state index is 12.0. The Labute approximate surface area is 130 Å². The number of nitrogens with one attached hydrogen (secondary N) is 1. The van der Waals surface area contributed by atoms with Crippen molar-refractivity contribution in [2.45, 2.75) is 52.5 Å². The zero-order chi connectivity index (χ0) is 14.5. The summed E-state index contributed by atoms with van der Waals surface area (Å²) >= 11 is 0. The molecule has 0 unspecified atom stereocenters. The molecule has 1 amide bonds. The van der Waals surface area contributed by atoms with E-state index < -0.39 is 0 Å². The predicted octanol–water partition coefficient (Wildman–Crippen LogP) is 2.02. The monoisotopic (exact) mass is 305 g/mol. The molecular formula is C15H32ClN3O. The molecule has 1 fully saturated rings. The molecule has 5 heteroatoms. The third kappa shape index (κ3) is 7.46. The number of hydrogen-bond donors (Lipinski definition) is 2. The molecule has 0 aromatic rings. The number of nitrogens with zero attached hydrogens (tertiary/aromatic N) is 1. The summed E-state index contributed by atoms with van der Waals surface area (Å²) in [4.78, 5) is 14.1. The number of carbonyl (C=O) groups is 1. The quantitative estimate of drug-likeness (QED) is 0.789. The summed E-state index contributed by atoms with van der Waals surface area (Å²) in [5.74, 6) is 0.969. The van der Waals surface area contributed by atoms with Crippen LogP contribution in [0.2, 0.25) is 0 Å². The minimum absolute atomic E-state index is 0. The Balaban J connectivity index is 0.00000361. The predicted molar refractivity (Wildman–Crippen MR) is 87.1 cm³/mol. The Morgan fingerprint density at radius 1 is 1.30 bits per heavy atom. The Morgan fingerprint density at radius 2 is 1.85 bits per heavy atom. The molecule has 0 radical (unpaired) electrons. The lowest BCUT2D eigenvalue weighted by atomic mass is 9.87. The van der Waals surface area contributed by atoms with Crippen molar-refractivity contribution in [1.82, 2.24) is 10.2 Å². The van der Waals surface area contributed by atoms with E-state index in [1.54, 1.807) is 0 Å². The summed E-state index contributed by atoms with van der Waals surface area (Å²) in [7, 11) is 1.99. The van der Waals surface area contributed by atoms with Crippen LogP contribution in [0.5, 0.6) is 0 Å². The van der Waals surface area contributed by atoms with Gasteiger partial charge in [-0.15, -0.1) is 12.4 Å². The highest BCUT2D eigenvalue weighted by molar-refractivity contribution is 5.85. The van der Waals surface area contributed by atoms with Crippen LogP contribution >= 0.6 is 12.4 Å². The van der Waals surface area contributed by atoms with Crippen molar-refractivity contribution in [2.24, 2.45) is 17.1 Å². The Morgan fingerprint density at radius 3 is 2.35 bits per heavy atom. The molecule has 1 aliphatic rings. The molecule has 0 atom stereocenters. The van der Waals surface area contributed by atoms with Crippen molar-refractivity contribution in [3.05, 3.63) is 0 Å².